The molecule has 1 aromatic carbocycles. The fourth-order valence-electron chi connectivity index (χ4n) is 2.57. The summed E-state index contributed by atoms with van der Waals surface area (Å²) in [5.74, 6) is 0. The van der Waals surface area contributed by atoms with E-state index in [4.69, 9.17) is 15.8 Å². The molecule has 0 aliphatic heterocycles. The highest BCUT2D eigenvalue weighted by molar-refractivity contribution is 7.92. The number of nitrogens with zero attached hydrogens (tertiary/aromatic N) is 3. The molecular formula is C16H14N4O2S. The summed E-state index contributed by atoms with van der Waals surface area (Å²) in [6, 6.07) is 11.1. The van der Waals surface area contributed by atoms with Crippen LogP contribution in [-0.4, -0.2) is 13.7 Å². The predicted molar refractivity (Wildman–Crippen MR) is 83.4 cm³/mol. The van der Waals surface area contributed by atoms with Gasteiger partial charge in [-0.25, -0.2) is 8.42 Å². The highest BCUT2D eigenvalue weighted by atomic mass is 32.2. The van der Waals surface area contributed by atoms with Crippen LogP contribution in [0.3, 0.4) is 0 Å². The highest BCUT2D eigenvalue weighted by Crippen LogP contribution is 2.30. The number of rotatable bonds is 4. The fraction of sp³-hybridized carbons (Fsp3) is 0.312. The topological polar surface area (TPSA) is 118 Å². The molecule has 23 heavy (non-hydrogen) atoms. The summed E-state index contributed by atoms with van der Waals surface area (Å²) >= 11 is 0. The molecule has 0 bridgehead atoms. The van der Waals surface area contributed by atoms with Crippen molar-refractivity contribution in [1.82, 2.24) is 0 Å². The van der Waals surface area contributed by atoms with E-state index in [9.17, 15) is 8.42 Å². The van der Waals surface area contributed by atoms with Crippen molar-refractivity contribution < 1.29 is 8.42 Å². The van der Waals surface area contributed by atoms with Gasteiger partial charge in [0, 0.05) is 5.69 Å². The largest absolute Gasteiger partial charge is 0.345 e. The zero-order valence-electron chi connectivity index (χ0n) is 12.3. The second kappa shape index (κ2) is 6.96. The van der Waals surface area contributed by atoms with E-state index >= 15 is 0 Å². The lowest BCUT2D eigenvalue weighted by Crippen LogP contribution is -2.17. The number of nitrogens with one attached hydrogen (secondary N) is 1. The lowest BCUT2D eigenvalue weighted by Gasteiger charge is -2.12. The standard InChI is InChI=1S/C16H14N4O2S/c17-9-12(10-18)16(11-19)20-13-4-3-7-15(8-13)23(21,22)14-5-1-2-6-14/h3-4,7-8,14,20H,1-2,5-6H2. The third kappa shape index (κ3) is 3.51. The molecule has 0 heterocycles. The van der Waals surface area contributed by atoms with Crippen LogP contribution in [0.15, 0.2) is 40.4 Å². The maximum absolute atomic E-state index is 12.6. The molecule has 116 valence electrons. The van der Waals surface area contributed by atoms with E-state index in [0.717, 1.165) is 12.8 Å². The molecule has 1 aromatic rings. The van der Waals surface area contributed by atoms with Gasteiger partial charge in [-0.1, -0.05) is 18.9 Å². The van der Waals surface area contributed by atoms with Gasteiger partial charge < -0.3 is 5.32 Å². The molecule has 2 rings (SSSR count). The third-order valence-corrected chi connectivity index (χ3v) is 6.02. The molecule has 0 radical (unpaired) electrons. The molecule has 1 aliphatic rings. The minimum Gasteiger partial charge on any atom is -0.345 e. The van der Waals surface area contributed by atoms with Gasteiger partial charge in [0.05, 0.1) is 10.1 Å². The first-order chi connectivity index (χ1) is 11.0. The van der Waals surface area contributed by atoms with Crippen molar-refractivity contribution in [2.45, 2.75) is 35.8 Å². The molecule has 0 amide bonds. The SMILES string of the molecule is N#CC(C#N)=C(C#N)Nc1cccc(S(=O)(=O)C2CCCC2)c1. The summed E-state index contributed by atoms with van der Waals surface area (Å²) < 4.78 is 25.2. The number of nitriles is 3. The summed E-state index contributed by atoms with van der Waals surface area (Å²) in [7, 11) is -3.40. The van der Waals surface area contributed by atoms with Crippen LogP contribution in [0.1, 0.15) is 25.7 Å². The van der Waals surface area contributed by atoms with Crippen molar-refractivity contribution in [1.29, 1.82) is 15.8 Å². The molecule has 0 aromatic heterocycles. The van der Waals surface area contributed by atoms with Crippen molar-refractivity contribution in [2.75, 3.05) is 5.32 Å². The molecule has 0 saturated heterocycles. The average molecular weight is 326 g/mol. The maximum Gasteiger partial charge on any atom is 0.181 e. The van der Waals surface area contributed by atoms with E-state index in [-0.39, 0.29) is 21.4 Å². The first kappa shape index (κ1) is 16.5. The van der Waals surface area contributed by atoms with Crippen LogP contribution < -0.4 is 5.32 Å². The van der Waals surface area contributed by atoms with Crippen molar-refractivity contribution in [3.8, 4) is 18.2 Å². The van der Waals surface area contributed by atoms with Gasteiger partial charge in [-0.15, -0.1) is 0 Å². The van der Waals surface area contributed by atoms with Gasteiger partial charge in [-0.05, 0) is 31.0 Å². The number of allylic oxidation sites excluding steroid dienone is 2. The third-order valence-electron chi connectivity index (χ3n) is 3.76. The minimum atomic E-state index is -3.40. The summed E-state index contributed by atoms with van der Waals surface area (Å²) in [6.45, 7) is 0. The zero-order valence-corrected chi connectivity index (χ0v) is 13.1. The van der Waals surface area contributed by atoms with Crippen molar-refractivity contribution >= 4 is 15.5 Å². The number of hydrogen-bond acceptors (Lipinski definition) is 6. The number of sulfone groups is 1. The second-order valence-corrected chi connectivity index (χ2v) is 7.42. The lowest BCUT2D eigenvalue weighted by molar-refractivity contribution is 0.579. The molecule has 1 saturated carbocycles. The summed E-state index contributed by atoms with van der Waals surface area (Å²) in [5.41, 5.74) is -0.203. The Morgan fingerprint density at radius 3 is 2.30 bits per heavy atom. The van der Waals surface area contributed by atoms with E-state index < -0.39 is 9.84 Å². The van der Waals surface area contributed by atoms with Crippen LogP contribution in [0.2, 0.25) is 0 Å². The molecule has 0 unspecified atom stereocenters. The molecule has 0 atom stereocenters. The van der Waals surface area contributed by atoms with E-state index in [1.165, 1.54) is 12.1 Å². The van der Waals surface area contributed by atoms with E-state index in [1.54, 1.807) is 30.3 Å². The number of hydrogen-bond donors (Lipinski definition) is 1. The Labute approximate surface area is 135 Å². The maximum atomic E-state index is 12.6. The van der Waals surface area contributed by atoms with Crippen LogP contribution >= 0.6 is 0 Å². The fourth-order valence-corrected chi connectivity index (χ4v) is 4.47. The van der Waals surface area contributed by atoms with Crippen LogP contribution in [0.25, 0.3) is 0 Å². The van der Waals surface area contributed by atoms with Gasteiger partial charge in [0.25, 0.3) is 0 Å². The number of benzene rings is 1. The molecule has 1 N–H and O–H groups in total. The Hall–Kier alpha value is -2.82. The predicted octanol–water partition coefficient (Wildman–Crippen LogP) is 2.64. The van der Waals surface area contributed by atoms with Crippen LogP contribution in [0.4, 0.5) is 5.69 Å². The van der Waals surface area contributed by atoms with Gasteiger partial charge in [0.1, 0.15) is 23.9 Å². The smallest absolute Gasteiger partial charge is 0.181 e. The average Bonchev–Trinajstić information content (AvgIpc) is 3.10. The van der Waals surface area contributed by atoms with Crippen LogP contribution in [0, 0.1) is 34.0 Å². The van der Waals surface area contributed by atoms with E-state index in [1.807, 2.05) is 0 Å². The number of anilines is 1. The first-order valence-corrected chi connectivity index (χ1v) is 8.63. The Kier molecular flexibility index (Phi) is 5.01. The van der Waals surface area contributed by atoms with Crippen LogP contribution in [-0.2, 0) is 9.84 Å². The molecule has 0 spiro atoms. The van der Waals surface area contributed by atoms with Gasteiger partial charge in [0.15, 0.2) is 15.4 Å². The van der Waals surface area contributed by atoms with Crippen molar-refractivity contribution in [3.63, 3.8) is 0 Å². The Morgan fingerprint density at radius 2 is 1.74 bits per heavy atom. The van der Waals surface area contributed by atoms with Gasteiger partial charge >= 0.3 is 0 Å². The minimum absolute atomic E-state index is 0.183. The summed E-state index contributed by atoms with van der Waals surface area (Å²) in [6.07, 6.45) is 3.15. The Bertz CT molecular complexity index is 845. The molecule has 7 heteroatoms. The van der Waals surface area contributed by atoms with Crippen molar-refractivity contribution in [2.24, 2.45) is 0 Å². The van der Waals surface area contributed by atoms with Gasteiger partial charge in [0.2, 0.25) is 0 Å². The first-order valence-electron chi connectivity index (χ1n) is 7.08. The van der Waals surface area contributed by atoms with E-state index in [0.29, 0.717) is 18.5 Å². The highest BCUT2D eigenvalue weighted by Gasteiger charge is 2.30. The molecule has 1 aliphatic carbocycles. The second-order valence-electron chi connectivity index (χ2n) is 5.19. The van der Waals surface area contributed by atoms with Gasteiger partial charge in [-0.2, -0.15) is 15.8 Å². The quantitative estimate of drug-likeness (QED) is 0.850. The molecule has 6 nitrogen and oxygen atoms in total. The monoisotopic (exact) mass is 326 g/mol. The normalized spacial score (nSPS) is 14.3. The Morgan fingerprint density at radius 1 is 1.09 bits per heavy atom. The Balaban J connectivity index is 2.35. The summed E-state index contributed by atoms with van der Waals surface area (Å²) in [5, 5.41) is 28.9. The van der Waals surface area contributed by atoms with Crippen molar-refractivity contribution in [3.05, 3.63) is 35.5 Å². The molecule has 1 fully saturated rings. The van der Waals surface area contributed by atoms with E-state index in [2.05, 4.69) is 5.32 Å². The summed E-state index contributed by atoms with van der Waals surface area (Å²) in [4.78, 5) is 0.183. The zero-order chi connectivity index (χ0) is 16.9. The lowest BCUT2D eigenvalue weighted by atomic mass is 10.2. The van der Waals surface area contributed by atoms with Crippen LogP contribution in [0.5, 0.6) is 0 Å². The van der Waals surface area contributed by atoms with Gasteiger partial charge in [-0.3, -0.25) is 0 Å². The molecular weight excluding hydrogens is 312 g/mol.